The summed E-state index contributed by atoms with van der Waals surface area (Å²) in [5, 5.41) is 0. The van der Waals surface area contributed by atoms with Crippen LogP contribution in [0.2, 0.25) is 0 Å². The van der Waals surface area contributed by atoms with Crippen molar-refractivity contribution in [3.05, 3.63) is 11.6 Å². The Balaban J connectivity index is 2.48. The van der Waals surface area contributed by atoms with Crippen molar-refractivity contribution in [2.45, 2.75) is 32.8 Å². The molecule has 0 aliphatic carbocycles. The number of hydrogen-bond acceptors (Lipinski definition) is 2. The quantitative estimate of drug-likeness (QED) is 0.545. The van der Waals surface area contributed by atoms with Crippen LogP contribution < -0.4 is 0 Å². The predicted octanol–water partition coefficient (Wildman–Crippen LogP) is 1.66. The Morgan fingerprint density at radius 1 is 1.70 bits per heavy atom. The van der Waals surface area contributed by atoms with E-state index in [2.05, 4.69) is 6.92 Å². The van der Waals surface area contributed by atoms with E-state index in [1.165, 1.54) is 0 Å². The van der Waals surface area contributed by atoms with Crippen LogP contribution in [0.4, 0.5) is 0 Å². The molecule has 0 amide bonds. The number of ether oxygens (including phenoxy) is 1. The van der Waals surface area contributed by atoms with Crippen molar-refractivity contribution in [3.8, 4) is 0 Å². The highest BCUT2D eigenvalue weighted by molar-refractivity contribution is 5.90. The van der Waals surface area contributed by atoms with Crippen LogP contribution in [-0.4, -0.2) is 12.1 Å². The molecule has 1 heterocycles. The van der Waals surface area contributed by atoms with Gasteiger partial charge in [0.1, 0.15) is 6.10 Å². The Kier molecular flexibility index (Phi) is 2.10. The molecule has 0 radical (unpaired) electrons. The van der Waals surface area contributed by atoms with Crippen LogP contribution in [0.25, 0.3) is 0 Å². The van der Waals surface area contributed by atoms with E-state index in [4.69, 9.17) is 4.74 Å². The van der Waals surface area contributed by atoms with Crippen molar-refractivity contribution in [1.29, 1.82) is 0 Å². The van der Waals surface area contributed by atoms with E-state index in [9.17, 15) is 4.79 Å². The lowest BCUT2D eigenvalue weighted by atomic mass is 10.2. The topological polar surface area (TPSA) is 26.3 Å². The van der Waals surface area contributed by atoms with E-state index in [0.717, 1.165) is 18.4 Å². The van der Waals surface area contributed by atoms with Gasteiger partial charge in [-0.05, 0) is 19.4 Å². The first kappa shape index (κ1) is 7.32. The number of hydrogen-bond donors (Lipinski definition) is 0. The van der Waals surface area contributed by atoms with Crippen LogP contribution in [-0.2, 0) is 9.53 Å². The minimum Gasteiger partial charge on any atom is -0.455 e. The summed E-state index contributed by atoms with van der Waals surface area (Å²) in [6.45, 7) is 3.87. The summed E-state index contributed by atoms with van der Waals surface area (Å²) in [5.74, 6) is -0.154. The Bertz CT molecular complexity index is 170. The molecule has 0 aromatic carbocycles. The van der Waals surface area contributed by atoms with Gasteiger partial charge in [-0.3, -0.25) is 0 Å². The first-order chi connectivity index (χ1) is 4.74. The summed E-state index contributed by atoms with van der Waals surface area (Å²) in [7, 11) is 0. The second kappa shape index (κ2) is 2.86. The van der Waals surface area contributed by atoms with Crippen molar-refractivity contribution in [1.82, 2.24) is 0 Å². The van der Waals surface area contributed by atoms with Crippen molar-refractivity contribution in [2.75, 3.05) is 0 Å². The molecular weight excluding hydrogens is 128 g/mol. The third-order valence-electron chi connectivity index (χ3n) is 1.59. The third-order valence-corrected chi connectivity index (χ3v) is 1.59. The van der Waals surface area contributed by atoms with Gasteiger partial charge in [-0.1, -0.05) is 13.3 Å². The van der Waals surface area contributed by atoms with Crippen LogP contribution in [0.5, 0.6) is 0 Å². The largest absolute Gasteiger partial charge is 0.455 e. The predicted molar refractivity (Wildman–Crippen MR) is 38.5 cm³/mol. The van der Waals surface area contributed by atoms with E-state index in [1.54, 1.807) is 6.92 Å². The molecule has 0 aromatic rings. The van der Waals surface area contributed by atoms with E-state index in [1.807, 2.05) is 6.08 Å². The molecule has 56 valence electrons. The fraction of sp³-hybridized carbons (Fsp3) is 0.625. The molecule has 1 unspecified atom stereocenters. The van der Waals surface area contributed by atoms with Crippen molar-refractivity contribution in [3.63, 3.8) is 0 Å². The molecule has 0 N–H and O–H groups in total. The zero-order valence-electron chi connectivity index (χ0n) is 6.39. The molecule has 0 saturated heterocycles. The highest BCUT2D eigenvalue weighted by Gasteiger charge is 2.20. The molecule has 1 aliphatic rings. The first-order valence-corrected chi connectivity index (χ1v) is 3.63. The molecular formula is C8H12O2. The molecule has 0 fully saturated rings. The maximum absolute atomic E-state index is 10.8. The molecule has 0 aromatic heterocycles. The minimum absolute atomic E-state index is 0.0532. The Hall–Kier alpha value is -0.790. The fourth-order valence-electron chi connectivity index (χ4n) is 1.04. The number of carbonyl (C=O) groups is 1. The first-order valence-electron chi connectivity index (χ1n) is 3.63. The van der Waals surface area contributed by atoms with Gasteiger partial charge in [-0.2, -0.15) is 0 Å². The Labute approximate surface area is 60.9 Å². The molecule has 0 spiro atoms. The number of esters is 1. The van der Waals surface area contributed by atoms with E-state index in [0.29, 0.717) is 0 Å². The molecule has 2 nitrogen and oxygen atoms in total. The molecule has 10 heavy (non-hydrogen) atoms. The molecule has 1 rings (SSSR count). The standard InChI is InChI=1S/C8H12O2/c1-3-4-7-5-6(2)8(9)10-7/h5,7H,3-4H2,1-2H3. The maximum Gasteiger partial charge on any atom is 0.334 e. The highest BCUT2D eigenvalue weighted by Crippen LogP contribution is 2.16. The normalized spacial score (nSPS) is 24.4. The molecule has 0 saturated carbocycles. The monoisotopic (exact) mass is 140 g/mol. The lowest BCUT2D eigenvalue weighted by molar-refractivity contribution is -0.139. The lowest BCUT2D eigenvalue weighted by Gasteiger charge is -2.04. The van der Waals surface area contributed by atoms with E-state index in [-0.39, 0.29) is 12.1 Å². The average Bonchev–Trinajstić information content (AvgIpc) is 2.14. The van der Waals surface area contributed by atoms with Gasteiger partial charge >= 0.3 is 5.97 Å². The SMILES string of the molecule is CCCC1C=C(C)C(=O)O1. The van der Waals surface area contributed by atoms with Gasteiger partial charge < -0.3 is 4.74 Å². The average molecular weight is 140 g/mol. The Morgan fingerprint density at radius 2 is 2.40 bits per heavy atom. The summed E-state index contributed by atoms with van der Waals surface area (Å²) in [4.78, 5) is 10.8. The maximum atomic E-state index is 10.8. The number of rotatable bonds is 2. The zero-order chi connectivity index (χ0) is 7.56. The van der Waals surface area contributed by atoms with Crippen molar-refractivity contribution < 1.29 is 9.53 Å². The van der Waals surface area contributed by atoms with E-state index >= 15 is 0 Å². The van der Waals surface area contributed by atoms with Crippen LogP contribution >= 0.6 is 0 Å². The van der Waals surface area contributed by atoms with E-state index < -0.39 is 0 Å². The lowest BCUT2D eigenvalue weighted by Crippen LogP contribution is -2.06. The van der Waals surface area contributed by atoms with Crippen molar-refractivity contribution >= 4 is 5.97 Å². The van der Waals surface area contributed by atoms with Crippen molar-refractivity contribution in [2.24, 2.45) is 0 Å². The summed E-state index contributed by atoms with van der Waals surface area (Å²) in [5.41, 5.74) is 0.749. The minimum atomic E-state index is -0.154. The summed E-state index contributed by atoms with van der Waals surface area (Å²) in [6, 6.07) is 0. The van der Waals surface area contributed by atoms with Crippen LogP contribution in [0.3, 0.4) is 0 Å². The smallest absolute Gasteiger partial charge is 0.334 e. The van der Waals surface area contributed by atoms with Gasteiger partial charge in [-0.15, -0.1) is 0 Å². The number of carbonyl (C=O) groups excluding carboxylic acids is 1. The van der Waals surface area contributed by atoms with Crippen LogP contribution in [0.1, 0.15) is 26.7 Å². The van der Waals surface area contributed by atoms with Gasteiger partial charge in [0.25, 0.3) is 0 Å². The highest BCUT2D eigenvalue weighted by atomic mass is 16.5. The molecule has 1 atom stereocenters. The third kappa shape index (κ3) is 1.38. The molecule has 2 heteroatoms. The summed E-state index contributed by atoms with van der Waals surface area (Å²) in [6.07, 6.45) is 3.95. The van der Waals surface area contributed by atoms with Gasteiger partial charge in [-0.25, -0.2) is 4.79 Å². The van der Waals surface area contributed by atoms with Crippen LogP contribution in [0, 0.1) is 0 Å². The van der Waals surface area contributed by atoms with Crippen LogP contribution in [0.15, 0.2) is 11.6 Å². The van der Waals surface area contributed by atoms with Gasteiger partial charge in [0.15, 0.2) is 0 Å². The Morgan fingerprint density at radius 3 is 2.80 bits per heavy atom. The van der Waals surface area contributed by atoms with Gasteiger partial charge in [0.2, 0.25) is 0 Å². The number of cyclic esters (lactones) is 1. The molecule has 1 aliphatic heterocycles. The second-order valence-electron chi connectivity index (χ2n) is 2.58. The second-order valence-corrected chi connectivity index (χ2v) is 2.58. The summed E-state index contributed by atoms with van der Waals surface area (Å²) >= 11 is 0. The summed E-state index contributed by atoms with van der Waals surface area (Å²) < 4.78 is 4.98. The van der Waals surface area contributed by atoms with Gasteiger partial charge in [0.05, 0.1) is 0 Å². The fourth-order valence-corrected chi connectivity index (χ4v) is 1.04. The molecule has 0 bridgehead atoms. The van der Waals surface area contributed by atoms with Gasteiger partial charge in [0, 0.05) is 5.57 Å². The zero-order valence-corrected chi connectivity index (χ0v) is 6.39.